The van der Waals surface area contributed by atoms with Crippen molar-refractivity contribution in [2.24, 2.45) is 0 Å². The summed E-state index contributed by atoms with van der Waals surface area (Å²) >= 11 is 0.825. The van der Waals surface area contributed by atoms with E-state index in [1.165, 1.54) is 12.3 Å². The van der Waals surface area contributed by atoms with Gasteiger partial charge in [0.2, 0.25) is 5.76 Å². The van der Waals surface area contributed by atoms with Gasteiger partial charge in [0.05, 0.1) is 11.2 Å². The van der Waals surface area contributed by atoms with Gasteiger partial charge in [-0.1, -0.05) is 12.1 Å². The van der Waals surface area contributed by atoms with Gasteiger partial charge in [0.15, 0.2) is 0 Å². The van der Waals surface area contributed by atoms with Gasteiger partial charge in [-0.2, -0.15) is 0 Å². The fraction of sp³-hybridized carbons (Fsp3) is 0. The summed E-state index contributed by atoms with van der Waals surface area (Å²) in [4.78, 5) is 34.7. The van der Waals surface area contributed by atoms with Crippen molar-refractivity contribution in [3.63, 3.8) is 0 Å². The van der Waals surface area contributed by atoms with Gasteiger partial charge >= 0.3 is 5.97 Å². The Kier molecular flexibility index (Phi) is 3.80. The average Bonchev–Trinajstić information content (AvgIpc) is 3.10. The second kappa shape index (κ2) is 5.90. The lowest BCUT2D eigenvalue weighted by atomic mass is 10.2. The molecule has 0 spiro atoms. The minimum Gasteiger partial charge on any atom is -0.457 e. The van der Waals surface area contributed by atoms with Crippen LogP contribution in [0, 0.1) is 0 Å². The van der Waals surface area contributed by atoms with Crippen molar-refractivity contribution in [2.45, 2.75) is 0 Å². The number of hydrogen-bond donors (Lipinski definition) is 1. The zero-order valence-electron chi connectivity index (χ0n) is 11.1. The number of esters is 1. The Morgan fingerprint density at radius 1 is 1.23 bits per heavy atom. The van der Waals surface area contributed by atoms with Crippen LogP contribution < -0.4 is 10.1 Å². The first-order chi connectivity index (χ1) is 10.6. The molecule has 1 saturated heterocycles. The lowest BCUT2D eigenvalue weighted by Gasteiger charge is -2.03. The quantitative estimate of drug-likeness (QED) is 0.532. The molecule has 2 amide bonds. The van der Waals surface area contributed by atoms with Gasteiger partial charge in [0.25, 0.3) is 11.1 Å². The molecule has 1 aliphatic rings. The summed E-state index contributed by atoms with van der Waals surface area (Å²) in [6, 6.07) is 9.69. The van der Waals surface area contributed by atoms with E-state index in [1.807, 2.05) is 0 Å². The van der Waals surface area contributed by atoms with Gasteiger partial charge in [-0.25, -0.2) is 4.79 Å². The molecule has 2 aromatic rings. The van der Waals surface area contributed by atoms with E-state index in [2.05, 4.69) is 5.32 Å². The Morgan fingerprint density at radius 2 is 2.09 bits per heavy atom. The lowest BCUT2D eigenvalue weighted by Crippen LogP contribution is -2.17. The molecule has 1 N–H and O–H groups in total. The molecule has 1 aromatic carbocycles. The largest absolute Gasteiger partial charge is 0.457 e. The summed E-state index contributed by atoms with van der Waals surface area (Å²) in [7, 11) is 0. The maximum Gasteiger partial charge on any atom is 0.379 e. The normalized spacial score (nSPS) is 15.9. The Labute approximate surface area is 129 Å². The van der Waals surface area contributed by atoms with Gasteiger partial charge in [-0.15, -0.1) is 0 Å². The number of furan rings is 1. The topological polar surface area (TPSA) is 85.6 Å². The molecule has 0 radical (unpaired) electrons. The first kappa shape index (κ1) is 14.2. The van der Waals surface area contributed by atoms with Crippen LogP contribution in [0.2, 0.25) is 0 Å². The third-order valence-corrected chi connectivity index (χ3v) is 3.54. The predicted octanol–water partition coefficient (Wildman–Crippen LogP) is 2.82. The minimum absolute atomic E-state index is 0.0973. The van der Waals surface area contributed by atoms with Crippen LogP contribution in [-0.2, 0) is 4.79 Å². The number of nitrogens with one attached hydrogen (secondary N) is 1. The number of rotatable bonds is 3. The number of ether oxygens (including phenoxy) is 1. The average molecular weight is 315 g/mol. The molecule has 0 unspecified atom stereocenters. The number of carbonyl (C=O) groups is 3. The number of hydrogen-bond acceptors (Lipinski definition) is 6. The standard InChI is InChI=1S/C15H9NO5S/c17-13-12(22-15(19)16-13)8-9-3-1-4-10(7-9)21-14(18)11-5-2-6-20-11/h1-8H,(H,16,17,19)/b12-8+. The van der Waals surface area contributed by atoms with E-state index in [0.29, 0.717) is 16.2 Å². The smallest absolute Gasteiger partial charge is 0.379 e. The summed E-state index contributed by atoms with van der Waals surface area (Å²) in [6.07, 6.45) is 2.93. The zero-order chi connectivity index (χ0) is 15.5. The number of thioether (sulfide) groups is 1. The van der Waals surface area contributed by atoms with Gasteiger partial charge in [-0.3, -0.25) is 14.9 Å². The second-order valence-electron chi connectivity index (χ2n) is 4.29. The van der Waals surface area contributed by atoms with Crippen LogP contribution in [0.3, 0.4) is 0 Å². The summed E-state index contributed by atoms with van der Waals surface area (Å²) in [5.74, 6) is -0.642. The van der Waals surface area contributed by atoms with E-state index in [0.717, 1.165) is 11.8 Å². The highest BCUT2D eigenvalue weighted by Gasteiger charge is 2.24. The Hall–Kier alpha value is -2.80. The van der Waals surface area contributed by atoms with Gasteiger partial charge in [0.1, 0.15) is 5.75 Å². The third-order valence-electron chi connectivity index (χ3n) is 2.73. The molecular formula is C15H9NO5S. The van der Waals surface area contributed by atoms with E-state index in [9.17, 15) is 14.4 Å². The van der Waals surface area contributed by atoms with Crippen LogP contribution in [0.5, 0.6) is 5.75 Å². The highest BCUT2D eigenvalue weighted by molar-refractivity contribution is 8.18. The monoisotopic (exact) mass is 315 g/mol. The molecule has 1 aromatic heterocycles. The Bertz CT molecular complexity index is 779. The number of imide groups is 1. The van der Waals surface area contributed by atoms with E-state index in [4.69, 9.17) is 9.15 Å². The lowest BCUT2D eigenvalue weighted by molar-refractivity contribution is -0.115. The van der Waals surface area contributed by atoms with E-state index in [-0.39, 0.29) is 5.76 Å². The van der Waals surface area contributed by atoms with Crippen molar-refractivity contribution < 1.29 is 23.5 Å². The van der Waals surface area contributed by atoms with Crippen LogP contribution in [0.4, 0.5) is 4.79 Å². The van der Waals surface area contributed by atoms with Crippen LogP contribution >= 0.6 is 11.8 Å². The van der Waals surface area contributed by atoms with Gasteiger partial charge in [0, 0.05) is 0 Å². The third kappa shape index (κ3) is 3.09. The molecule has 3 rings (SSSR count). The van der Waals surface area contributed by atoms with Crippen molar-refractivity contribution in [1.82, 2.24) is 5.32 Å². The van der Waals surface area contributed by atoms with E-state index in [1.54, 1.807) is 36.4 Å². The molecule has 7 heteroatoms. The van der Waals surface area contributed by atoms with Crippen LogP contribution in [0.25, 0.3) is 6.08 Å². The van der Waals surface area contributed by atoms with Gasteiger partial charge in [-0.05, 0) is 47.7 Å². The Morgan fingerprint density at radius 3 is 2.77 bits per heavy atom. The molecule has 6 nitrogen and oxygen atoms in total. The molecule has 110 valence electrons. The zero-order valence-corrected chi connectivity index (χ0v) is 11.9. The van der Waals surface area contributed by atoms with Crippen molar-refractivity contribution in [3.05, 3.63) is 58.9 Å². The molecule has 0 atom stereocenters. The molecule has 0 aliphatic carbocycles. The summed E-state index contributed by atoms with van der Waals surface area (Å²) in [5.41, 5.74) is 0.636. The molecule has 2 heterocycles. The van der Waals surface area contributed by atoms with Crippen LogP contribution in [0.15, 0.2) is 52.0 Å². The molecular weight excluding hydrogens is 306 g/mol. The maximum absolute atomic E-state index is 11.8. The molecule has 0 bridgehead atoms. The highest BCUT2D eigenvalue weighted by Crippen LogP contribution is 2.26. The number of carbonyl (C=O) groups excluding carboxylic acids is 3. The molecule has 1 aliphatic heterocycles. The summed E-state index contributed by atoms with van der Waals surface area (Å²) in [5, 5.41) is 1.77. The maximum atomic E-state index is 11.8. The summed E-state index contributed by atoms with van der Waals surface area (Å²) in [6.45, 7) is 0. The predicted molar refractivity (Wildman–Crippen MR) is 79.2 cm³/mol. The van der Waals surface area contributed by atoms with Gasteiger partial charge < -0.3 is 9.15 Å². The van der Waals surface area contributed by atoms with Crippen molar-refractivity contribution in [2.75, 3.05) is 0 Å². The van der Waals surface area contributed by atoms with Crippen molar-refractivity contribution in [1.29, 1.82) is 0 Å². The number of benzene rings is 1. The van der Waals surface area contributed by atoms with Crippen LogP contribution in [-0.4, -0.2) is 17.1 Å². The molecule has 0 saturated carbocycles. The molecule has 22 heavy (non-hydrogen) atoms. The first-order valence-corrected chi connectivity index (χ1v) is 7.04. The summed E-state index contributed by atoms with van der Waals surface area (Å²) < 4.78 is 10.1. The fourth-order valence-corrected chi connectivity index (χ4v) is 2.47. The minimum atomic E-state index is -0.613. The molecule has 1 fully saturated rings. The van der Waals surface area contributed by atoms with E-state index >= 15 is 0 Å². The number of amides is 2. The second-order valence-corrected chi connectivity index (χ2v) is 5.31. The van der Waals surface area contributed by atoms with Crippen molar-refractivity contribution in [3.8, 4) is 5.75 Å². The Balaban J connectivity index is 1.78. The first-order valence-electron chi connectivity index (χ1n) is 6.22. The fourth-order valence-electron chi connectivity index (χ4n) is 1.79. The SMILES string of the molecule is O=C1NC(=O)/C(=C\c2cccc(OC(=O)c3ccco3)c2)S1. The van der Waals surface area contributed by atoms with Crippen molar-refractivity contribution >= 4 is 35.0 Å². The van der Waals surface area contributed by atoms with Crippen LogP contribution in [0.1, 0.15) is 16.1 Å². The van der Waals surface area contributed by atoms with E-state index < -0.39 is 17.1 Å². The highest BCUT2D eigenvalue weighted by atomic mass is 32.2.